The van der Waals surface area contributed by atoms with Crippen LogP contribution in [0.2, 0.25) is 0 Å². The van der Waals surface area contributed by atoms with Gasteiger partial charge in [-0.2, -0.15) is 0 Å². The van der Waals surface area contributed by atoms with E-state index in [0.717, 1.165) is 11.1 Å². The second kappa shape index (κ2) is 5.85. The zero-order valence-corrected chi connectivity index (χ0v) is 12.2. The van der Waals surface area contributed by atoms with E-state index < -0.39 is 5.97 Å². The molecule has 110 valence electrons. The third-order valence-corrected chi connectivity index (χ3v) is 3.69. The SMILES string of the molecule is Cc1ncn(C(c2ccccc2)c2ccccc2)c1C(=O)O. The second-order valence-corrected chi connectivity index (χ2v) is 5.11. The van der Waals surface area contributed by atoms with Crippen molar-refractivity contribution in [2.45, 2.75) is 13.0 Å². The fraction of sp³-hybridized carbons (Fsp3) is 0.111. The number of rotatable bonds is 4. The average molecular weight is 292 g/mol. The Morgan fingerprint density at radius 2 is 1.50 bits per heavy atom. The van der Waals surface area contributed by atoms with Gasteiger partial charge in [-0.1, -0.05) is 60.7 Å². The number of aromatic nitrogens is 2. The molecule has 0 bridgehead atoms. The number of imidazole rings is 1. The Labute approximate surface area is 128 Å². The summed E-state index contributed by atoms with van der Waals surface area (Å²) < 4.78 is 1.72. The summed E-state index contributed by atoms with van der Waals surface area (Å²) in [6.07, 6.45) is 1.60. The van der Waals surface area contributed by atoms with Gasteiger partial charge in [0.25, 0.3) is 0 Å². The van der Waals surface area contributed by atoms with E-state index in [1.807, 2.05) is 60.7 Å². The van der Waals surface area contributed by atoms with Gasteiger partial charge in [0, 0.05) is 0 Å². The summed E-state index contributed by atoms with van der Waals surface area (Å²) in [4.78, 5) is 15.8. The van der Waals surface area contributed by atoms with E-state index in [1.165, 1.54) is 0 Å². The number of aromatic carboxylic acids is 1. The molecule has 0 aliphatic rings. The van der Waals surface area contributed by atoms with Crippen LogP contribution in [0.4, 0.5) is 0 Å². The molecular weight excluding hydrogens is 276 g/mol. The number of carbonyl (C=O) groups is 1. The highest BCUT2D eigenvalue weighted by atomic mass is 16.4. The Hall–Kier alpha value is -2.88. The number of aryl methyl sites for hydroxylation is 1. The zero-order chi connectivity index (χ0) is 15.5. The van der Waals surface area contributed by atoms with Crippen LogP contribution in [0.3, 0.4) is 0 Å². The minimum absolute atomic E-state index is 0.213. The lowest BCUT2D eigenvalue weighted by molar-refractivity contribution is 0.0683. The Kier molecular flexibility index (Phi) is 3.74. The Balaban J connectivity index is 2.21. The second-order valence-electron chi connectivity index (χ2n) is 5.11. The first kappa shape index (κ1) is 14.1. The van der Waals surface area contributed by atoms with Gasteiger partial charge in [0.05, 0.1) is 18.1 Å². The minimum atomic E-state index is -0.966. The molecule has 22 heavy (non-hydrogen) atoms. The van der Waals surface area contributed by atoms with Gasteiger partial charge in [0.1, 0.15) is 0 Å². The van der Waals surface area contributed by atoms with Gasteiger partial charge in [-0.05, 0) is 18.1 Å². The van der Waals surface area contributed by atoms with Crippen molar-refractivity contribution in [2.75, 3.05) is 0 Å². The van der Waals surface area contributed by atoms with Gasteiger partial charge in [0.15, 0.2) is 5.69 Å². The van der Waals surface area contributed by atoms with E-state index in [1.54, 1.807) is 17.8 Å². The van der Waals surface area contributed by atoms with E-state index in [4.69, 9.17) is 0 Å². The molecule has 0 saturated heterocycles. The third-order valence-electron chi connectivity index (χ3n) is 3.69. The Bertz CT molecular complexity index is 740. The van der Waals surface area contributed by atoms with E-state index in [0.29, 0.717) is 5.69 Å². The van der Waals surface area contributed by atoms with Crippen LogP contribution in [0.25, 0.3) is 0 Å². The first-order chi connectivity index (χ1) is 10.7. The highest BCUT2D eigenvalue weighted by Gasteiger charge is 2.23. The molecular formula is C18H16N2O2. The van der Waals surface area contributed by atoms with Gasteiger partial charge in [-0.15, -0.1) is 0 Å². The van der Waals surface area contributed by atoms with Crippen molar-refractivity contribution >= 4 is 5.97 Å². The molecule has 0 unspecified atom stereocenters. The third kappa shape index (κ3) is 2.51. The number of carboxylic acids is 1. The van der Waals surface area contributed by atoms with Crippen LogP contribution in [0.15, 0.2) is 67.0 Å². The number of hydrogen-bond donors (Lipinski definition) is 1. The molecule has 2 aromatic carbocycles. The maximum absolute atomic E-state index is 11.6. The summed E-state index contributed by atoms with van der Waals surface area (Å²) in [5.41, 5.74) is 2.78. The predicted molar refractivity (Wildman–Crippen MR) is 84.0 cm³/mol. The maximum atomic E-state index is 11.6. The Morgan fingerprint density at radius 1 is 1.00 bits per heavy atom. The van der Waals surface area contributed by atoms with Gasteiger partial charge >= 0.3 is 5.97 Å². The van der Waals surface area contributed by atoms with Crippen LogP contribution >= 0.6 is 0 Å². The van der Waals surface area contributed by atoms with Crippen molar-refractivity contribution in [1.82, 2.24) is 9.55 Å². The normalized spacial score (nSPS) is 10.8. The molecule has 0 fully saturated rings. The molecule has 0 atom stereocenters. The lowest BCUT2D eigenvalue weighted by Crippen LogP contribution is -2.17. The fourth-order valence-electron chi connectivity index (χ4n) is 2.70. The lowest BCUT2D eigenvalue weighted by Gasteiger charge is -2.21. The summed E-state index contributed by atoms with van der Waals surface area (Å²) in [6.45, 7) is 1.72. The minimum Gasteiger partial charge on any atom is -0.477 e. The molecule has 0 saturated carbocycles. The molecule has 0 aliphatic carbocycles. The number of hydrogen-bond acceptors (Lipinski definition) is 2. The van der Waals surface area contributed by atoms with Crippen LogP contribution in [0.5, 0.6) is 0 Å². The molecule has 1 heterocycles. The van der Waals surface area contributed by atoms with Gasteiger partial charge in [-0.3, -0.25) is 0 Å². The fourth-order valence-corrected chi connectivity index (χ4v) is 2.70. The molecule has 0 spiro atoms. The van der Waals surface area contributed by atoms with Gasteiger partial charge in [-0.25, -0.2) is 9.78 Å². The van der Waals surface area contributed by atoms with Gasteiger partial charge in [0.2, 0.25) is 0 Å². The standard InChI is InChI=1S/C18H16N2O2/c1-13-16(18(21)22)20(12-19-13)17(14-8-4-2-5-9-14)15-10-6-3-7-11-15/h2-12,17H,1H3,(H,21,22). The van der Waals surface area contributed by atoms with Crippen LogP contribution in [-0.2, 0) is 0 Å². The molecule has 3 rings (SSSR count). The highest BCUT2D eigenvalue weighted by molar-refractivity contribution is 5.87. The lowest BCUT2D eigenvalue weighted by atomic mass is 9.98. The van der Waals surface area contributed by atoms with Crippen molar-refractivity contribution in [2.24, 2.45) is 0 Å². The molecule has 4 heteroatoms. The smallest absolute Gasteiger partial charge is 0.354 e. The van der Waals surface area contributed by atoms with Crippen molar-refractivity contribution in [1.29, 1.82) is 0 Å². The van der Waals surface area contributed by atoms with Crippen LogP contribution in [0.1, 0.15) is 33.4 Å². The zero-order valence-electron chi connectivity index (χ0n) is 12.2. The maximum Gasteiger partial charge on any atom is 0.354 e. The summed E-state index contributed by atoms with van der Waals surface area (Å²) in [5.74, 6) is -0.966. The van der Waals surface area contributed by atoms with E-state index >= 15 is 0 Å². The number of carboxylic acid groups (broad SMARTS) is 1. The quantitative estimate of drug-likeness (QED) is 0.800. The monoisotopic (exact) mass is 292 g/mol. The number of nitrogens with zero attached hydrogens (tertiary/aromatic N) is 2. The Morgan fingerprint density at radius 3 is 1.95 bits per heavy atom. The van der Waals surface area contributed by atoms with E-state index in [-0.39, 0.29) is 11.7 Å². The molecule has 1 N–H and O–H groups in total. The van der Waals surface area contributed by atoms with Crippen molar-refractivity contribution in [3.63, 3.8) is 0 Å². The summed E-state index contributed by atoms with van der Waals surface area (Å²) in [6, 6.07) is 19.5. The first-order valence-electron chi connectivity index (χ1n) is 7.05. The van der Waals surface area contributed by atoms with E-state index in [9.17, 15) is 9.90 Å². The van der Waals surface area contributed by atoms with Crippen LogP contribution in [-0.4, -0.2) is 20.6 Å². The average Bonchev–Trinajstić information content (AvgIpc) is 2.91. The predicted octanol–water partition coefficient (Wildman–Crippen LogP) is 3.53. The number of benzene rings is 2. The van der Waals surface area contributed by atoms with Crippen molar-refractivity contribution < 1.29 is 9.90 Å². The molecule has 3 aromatic rings. The molecule has 0 aliphatic heterocycles. The molecule has 4 nitrogen and oxygen atoms in total. The van der Waals surface area contributed by atoms with Crippen molar-refractivity contribution in [3.05, 3.63) is 89.5 Å². The molecule has 1 aromatic heterocycles. The summed E-state index contributed by atoms with van der Waals surface area (Å²) >= 11 is 0. The summed E-state index contributed by atoms with van der Waals surface area (Å²) in [5, 5.41) is 9.52. The largest absolute Gasteiger partial charge is 0.477 e. The van der Waals surface area contributed by atoms with Crippen LogP contribution < -0.4 is 0 Å². The van der Waals surface area contributed by atoms with E-state index in [2.05, 4.69) is 4.98 Å². The first-order valence-corrected chi connectivity index (χ1v) is 7.05. The van der Waals surface area contributed by atoms with Crippen molar-refractivity contribution in [3.8, 4) is 0 Å². The molecule has 0 radical (unpaired) electrons. The highest BCUT2D eigenvalue weighted by Crippen LogP contribution is 2.28. The summed E-state index contributed by atoms with van der Waals surface area (Å²) in [7, 11) is 0. The van der Waals surface area contributed by atoms with Gasteiger partial charge < -0.3 is 9.67 Å². The molecule has 0 amide bonds. The topological polar surface area (TPSA) is 55.1 Å². The van der Waals surface area contributed by atoms with Crippen LogP contribution in [0, 0.1) is 6.92 Å².